The molecule has 2 heterocycles. The van der Waals surface area contributed by atoms with E-state index in [0.29, 0.717) is 13.2 Å². The van der Waals surface area contributed by atoms with E-state index in [4.69, 9.17) is 10.5 Å². The highest BCUT2D eigenvalue weighted by molar-refractivity contribution is 5.23. The topological polar surface area (TPSA) is 84.2 Å². The molecule has 3 N–H and O–H groups in total. The number of hydrogen-bond donors (Lipinski definition) is 2. The van der Waals surface area contributed by atoms with Crippen LogP contribution in [0, 0.1) is 5.82 Å². The van der Waals surface area contributed by atoms with Crippen molar-refractivity contribution in [2.45, 2.75) is 12.3 Å². The van der Waals surface area contributed by atoms with Crippen LogP contribution in [-0.2, 0) is 0 Å². The molecule has 0 aliphatic carbocycles. The molecule has 2 aromatic rings. The van der Waals surface area contributed by atoms with E-state index < -0.39 is 0 Å². The van der Waals surface area contributed by atoms with Crippen LogP contribution in [0.15, 0.2) is 35.1 Å². The average Bonchev–Trinajstić information content (AvgIpc) is 2.97. The van der Waals surface area contributed by atoms with E-state index in [1.165, 1.54) is 12.1 Å². The van der Waals surface area contributed by atoms with Gasteiger partial charge in [-0.3, -0.25) is 14.7 Å². The second-order valence-corrected chi connectivity index (χ2v) is 5.62. The van der Waals surface area contributed by atoms with Crippen LogP contribution in [0.2, 0.25) is 0 Å². The number of hydrogen-bond acceptors (Lipinski definition) is 5. The van der Waals surface area contributed by atoms with E-state index in [1.54, 1.807) is 18.2 Å². The summed E-state index contributed by atoms with van der Waals surface area (Å²) in [5, 5.41) is 0. The fourth-order valence-electron chi connectivity index (χ4n) is 2.83. The van der Waals surface area contributed by atoms with Crippen molar-refractivity contribution in [2.24, 2.45) is 0 Å². The van der Waals surface area contributed by atoms with Gasteiger partial charge >= 0.3 is 0 Å². The van der Waals surface area contributed by atoms with Gasteiger partial charge in [0.25, 0.3) is 5.56 Å². The highest BCUT2D eigenvalue weighted by Crippen LogP contribution is 2.25. The zero-order valence-electron chi connectivity index (χ0n) is 12.7. The number of ether oxygens (including phenoxy) is 1. The van der Waals surface area contributed by atoms with Crippen molar-refractivity contribution < 1.29 is 9.13 Å². The first-order valence-corrected chi connectivity index (χ1v) is 7.58. The molecule has 6 nitrogen and oxygen atoms in total. The largest absolute Gasteiger partial charge is 0.489 e. The van der Waals surface area contributed by atoms with Gasteiger partial charge in [0.1, 0.15) is 6.61 Å². The third-order valence-electron chi connectivity index (χ3n) is 3.97. The number of H-pyrrole nitrogens is 1. The van der Waals surface area contributed by atoms with Crippen LogP contribution in [0.4, 0.5) is 10.3 Å². The van der Waals surface area contributed by atoms with Crippen LogP contribution >= 0.6 is 0 Å². The molecule has 23 heavy (non-hydrogen) atoms. The lowest BCUT2D eigenvalue weighted by molar-refractivity contribution is 0.229. The van der Waals surface area contributed by atoms with Crippen molar-refractivity contribution in [2.75, 3.05) is 32.0 Å². The Balaban J connectivity index is 1.52. The first-order chi connectivity index (χ1) is 11.1. The van der Waals surface area contributed by atoms with Crippen molar-refractivity contribution in [1.82, 2.24) is 14.9 Å². The van der Waals surface area contributed by atoms with Gasteiger partial charge in [-0.2, -0.15) is 0 Å². The van der Waals surface area contributed by atoms with Gasteiger partial charge in [0.05, 0.1) is 5.69 Å². The predicted octanol–water partition coefficient (Wildman–Crippen LogP) is 1.36. The van der Waals surface area contributed by atoms with Gasteiger partial charge in [-0.1, -0.05) is 12.1 Å². The van der Waals surface area contributed by atoms with Gasteiger partial charge < -0.3 is 10.5 Å². The first kappa shape index (κ1) is 15.5. The number of rotatable bonds is 5. The number of benzene rings is 1. The van der Waals surface area contributed by atoms with Crippen molar-refractivity contribution in [3.63, 3.8) is 0 Å². The molecule has 1 aliphatic rings. The highest BCUT2D eigenvalue weighted by Gasteiger charge is 2.25. The fourth-order valence-corrected chi connectivity index (χ4v) is 2.83. The molecule has 1 atom stereocenters. The number of aromatic amines is 1. The summed E-state index contributed by atoms with van der Waals surface area (Å²) in [5.74, 6) is 0.254. The van der Waals surface area contributed by atoms with E-state index in [1.807, 2.05) is 0 Å². The van der Waals surface area contributed by atoms with Crippen molar-refractivity contribution in [1.29, 1.82) is 0 Å². The number of likely N-dealkylation sites (tertiary alicyclic amines) is 1. The fraction of sp³-hybridized carbons (Fsp3) is 0.375. The molecule has 0 radical (unpaired) electrons. The Morgan fingerprint density at radius 1 is 1.43 bits per heavy atom. The summed E-state index contributed by atoms with van der Waals surface area (Å²) in [4.78, 5) is 20.3. The molecular formula is C16H19FN4O2. The molecule has 3 rings (SSSR count). The van der Waals surface area contributed by atoms with Crippen LogP contribution in [-0.4, -0.2) is 41.1 Å². The zero-order chi connectivity index (χ0) is 16.2. The van der Waals surface area contributed by atoms with Crippen LogP contribution in [0.3, 0.4) is 0 Å². The van der Waals surface area contributed by atoms with Crippen LogP contribution in [0.25, 0.3) is 0 Å². The smallest absolute Gasteiger partial charge is 0.252 e. The molecule has 1 aliphatic heterocycles. The Kier molecular flexibility index (Phi) is 4.57. The number of nitrogens with zero attached hydrogens (tertiary/aromatic N) is 2. The lowest BCUT2D eigenvalue weighted by Crippen LogP contribution is -2.26. The number of anilines is 1. The maximum Gasteiger partial charge on any atom is 0.252 e. The Hall–Kier alpha value is -2.41. The lowest BCUT2D eigenvalue weighted by Gasteiger charge is -2.16. The Bertz CT molecular complexity index is 734. The standard InChI is InChI=1S/C16H19FN4O2/c17-12-3-1-2-4-14(12)23-8-7-21-6-5-11(10-21)13-9-15(22)20-16(18)19-13/h1-4,9,11H,5-8,10H2,(H3,18,19,20,22). The van der Waals surface area contributed by atoms with E-state index in [0.717, 1.165) is 25.2 Å². The molecule has 1 fully saturated rings. The summed E-state index contributed by atoms with van der Waals surface area (Å²) in [5.41, 5.74) is 6.08. The Morgan fingerprint density at radius 2 is 2.26 bits per heavy atom. The molecule has 122 valence electrons. The Morgan fingerprint density at radius 3 is 3.04 bits per heavy atom. The van der Waals surface area contributed by atoms with Gasteiger partial charge in [0.2, 0.25) is 5.95 Å². The van der Waals surface area contributed by atoms with Crippen LogP contribution in [0.5, 0.6) is 5.75 Å². The second-order valence-electron chi connectivity index (χ2n) is 5.62. The minimum atomic E-state index is -0.352. The predicted molar refractivity (Wildman–Crippen MR) is 85.0 cm³/mol. The van der Waals surface area contributed by atoms with Gasteiger partial charge in [0.15, 0.2) is 11.6 Å². The number of nitrogen functional groups attached to an aromatic ring is 1. The van der Waals surface area contributed by atoms with Gasteiger partial charge in [-0.25, -0.2) is 9.37 Å². The number of nitrogens with two attached hydrogens (primary N) is 1. The molecule has 1 aromatic heterocycles. The van der Waals surface area contributed by atoms with Crippen LogP contribution < -0.4 is 16.0 Å². The van der Waals surface area contributed by atoms with E-state index in [2.05, 4.69) is 14.9 Å². The molecule has 1 saturated heterocycles. The molecular weight excluding hydrogens is 299 g/mol. The number of aromatic nitrogens is 2. The molecule has 0 amide bonds. The summed E-state index contributed by atoms with van der Waals surface area (Å²) in [7, 11) is 0. The maximum absolute atomic E-state index is 13.5. The van der Waals surface area contributed by atoms with Gasteiger partial charge in [-0.15, -0.1) is 0 Å². The number of halogens is 1. The van der Waals surface area contributed by atoms with Crippen LogP contribution in [0.1, 0.15) is 18.0 Å². The van der Waals surface area contributed by atoms with Crippen molar-refractivity contribution in [3.05, 3.63) is 52.2 Å². The minimum Gasteiger partial charge on any atom is -0.489 e. The third kappa shape index (κ3) is 3.87. The summed E-state index contributed by atoms with van der Waals surface area (Å²) in [6.45, 7) is 2.79. The van der Waals surface area contributed by atoms with Gasteiger partial charge in [0, 0.05) is 25.1 Å². The highest BCUT2D eigenvalue weighted by atomic mass is 19.1. The summed E-state index contributed by atoms with van der Waals surface area (Å²) in [6.07, 6.45) is 0.912. The maximum atomic E-state index is 13.5. The molecule has 7 heteroatoms. The lowest BCUT2D eigenvalue weighted by atomic mass is 10.1. The third-order valence-corrected chi connectivity index (χ3v) is 3.97. The van der Waals surface area contributed by atoms with E-state index in [-0.39, 0.29) is 29.0 Å². The van der Waals surface area contributed by atoms with E-state index in [9.17, 15) is 9.18 Å². The molecule has 0 saturated carbocycles. The SMILES string of the molecule is Nc1nc(C2CCN(CCOc3ccccc3F)C2)cc(=O)[nH]1. The first-order valence-electron chi connectivity index (χ1n) is 7.58. The number of para-hydroxylation sites is 1. The summed E-state index contributed by atoms with van der Waals surface area (Å²) >= 11 is 0. The normalized spacial score (nSPS) is 18.2. The zero-order valence-corrected chi connectivity index (χ0v) is 12.7. The molecule has 1 aromatic carbocycles. The molecule has 1 unspecified atom stereocenters. The monoisotopic (exact) mass is 318 g/mol. The number of nitrogens with one attached hydrogen (secondary N) is 1. The quantitative estimate of drug-likeness (QED) is 0.869. The van der Waals surface area contributed by atoms with Gasteiger partial charge in [-0.05, 0) is 25.1 Å². The Labute approximate surface area is 133 Å². The summed E-state index contributed by atoms with van der Waals surface area (Å²) < 4.78 is 18.9. The molecule has 0 bridgehead atoms. The van der Waals surface area contributed by atoms with E-state index >= 15 is 0 Å². The van der Waals surface area contributed by atoms with Crippen molar-refractivity contribution in [3.8, 4) is 5.75 Å². The van der Waals surface area contributed by atoms with Crippen molar-refractivity contribution >= 4 is 5.95 Å². The minimum absolute atomic E-state index is 0.147. The molecule has 0 spiro atoms. The second kappa shape index (κ2) is 6.78. The average molecular weight is 318 g/mol. The summed E-state index contributed by atoms with van der Waals surface area (Å²) in [6, 6.07) is 7.87.